The minimum absolute atomic E-state index is 0.0514. The second-order valence-electron chi connectivity index (χ2n) is 4.88. The smallest absolute Gasteiger partial charge is 0.281 e. The highest BCUT2D eigenvalue weighted by molar-refractivity contribution is 6.30. The molecule has 3 rings (SSSR count). The number of rotatable bonds is 2. The first-order valence-electron chi connectivity index (χ1n) is 6.64. The number of hydrogen-bond donors (Lipinski definition) is 1. The van der Waals surface area contributed by atoms with Crippen molar-refractivity contribution in [2.75, 3.05) is 5.73 Å². The van der Waals surface area contributed by atoms with Crippen molar-refractivity contribution in [3.8, 4) is 11.4 Å². The zero-order valence-corrected chi connectivity index (χ0v) is 12.6. The lowest BCUT2D eigenvalue weighted by Gasteiger charge is -2.01. The summed E-state index contributed by atoms with van der Waals surface area (Å²) in [4.78, 5) is 16.6. The number of carbonyl (C=O) groups excluding carboxylic acids is 1. The van der Waals surface area contributed by atoms with Crippen LogP contribution in [0.2, 0.25) is 5.02 Å². The van der Waals surface area contributed by atoms with Gasteiger partial charge in [-0.2, -0.15) is 9.67 Å². The van der Waals surface area contributed by atoms with Gasteiger partial charge in [0.2, 0.25) is 5.95 Å². The van der Waals surface area contributed by atoms with Crippen molar-refractivity contribution in [2.45, 2.75) is 6.92 Å². The maximum Gasteiger partial charge on any atom is 0.281 e. The van der Waals surface area contributed by atoms with Crippen LogP contribution in [0.25, 0.3) is 11.4 Å². The predicted octanol–water partition coefficient (Wildman–Crippen LogP) is 3.18. The number of nitrogens with two attached hydrogens (primary N) is 1. The van der Waals surface area contributed by atoms with E-state index in [1.807, 2.05) is 31.2 Å². The molecule has 0 amide bonds. The zero-order chi connectivity index (χ0) is 15.7. The Labute approximate surface area is 132 Å². The van der Waals surface area contributed by atoms with E-state index in [0.717, 1.165) is 15.8 Å². The number of benzene rings is 2. The Kier molecular flexibility index (Phi) is 3.65. The molecule has 0 bridgehead atoms. The fraction of sp³-hybridized carbons (Fsp3) is 0.0625. The molecule has 0 saturated heterocycles. The molecule has 3 aromatic rings. The Balaban J connectivity index is 1.97. The van der Waals surface area contributed by atoms with E-state index in [4.69, 9.17) is 17.3 Å². The summed E-state index contributed by atoms with van der Waals surface area (Å²) < 4.78 is 1.10. The summed E-state index contributed by atoms with van der Waals surface area (Å²) in [5, 5.41) is 4.77. The molecule has 110 valence electrons. The lowest BCUT2D eigenvalue weighted by molar-refractivity contribution is 0.0948. The Hall–Kier alpha value is -2.66. The highest BCUT2D eigenvalue weighted by Crippen LogP contribution is 2.18. The van der Waals surface area contributed by atoms with E-state index in [2.05, 4.69) is 10.1 Å². The Bertz CT molecular complexity index is 822. The Morgan fingerprint density at radius 1 is 1.09 bits per heavy atom. The Morgan fingerprint density at radius 2 is 1.73 bits per heavy atom. The van der Waals surface area contributed by atoms with Gasteiger partial charge >= 0.3 is 0 Å². The van der Waals surface area contributed by atoms with Crippen LogP contribution < -0.4 is 5.73 Å². The van der Waals surface area contributed by atoms with Crippen molar-refractivity contribution in [3.05, 3.63) is 64.7 Å². The quantitative estimate of drug-likeness (QED) is 0.788. The fourth-order valence-electron chi connectivity index (χ4n) is 2.01. The van der Waals surface area contributed by atoms with Gasteiger partial charge in [-0.05, 0) is 31.2 Å². The molecule has 0 aliphatic rings. The van der Waals surface area contributed by atoms with Crippen molar-refractivity contribution in [3.63, 3.8) is 0 Å². The maximum absolute atomic E-state index is 12.4. The second kappa shape index (κ2) is 5.61. The minimum atomic E-state index is -0.347. The number of hydrogen-bond acceptors (Lipinski definition) is 4. The van der Waals surface area contributed by atoms with Crippen LogP contribution in [0.1, 0.15) is 15.9 Å². The highest BCUT2D eigenvalue weighted by atomic mass is 35.5. The van der Waals surface area contributed by atoms with Crippen LogP contribution >= 0.6 is 11.6 Å². The molecular formula is C16H13ClN4O. The van der Waals surface area contributed by atoms with Crippen LogP contribution in [0.3, 0.4) is 0 Å². The number of nitrogens with zero attached hydrogens (tertiary/aromatic N) is 3. The second-order valence-corrected chi connectivity index (χ2v) is 5.32. The SMILES string of the molecule is Cc1ccc(-c2nc(N)n(C(=O)c3ccc(Cl)cc3)n2)cc1. The third-order valence-electron chi connectivity index (χ3n) is 3.23. The van der Waals surface area contributed by atoms with E-state index in [1.165, 1.54) is 0 Å². The third-order valence-corrected chi connectivity index (χ3v) is 3.48. The van der Waals surface area contributed by atoms with Gasteiger partial charge in [-0.25, -0.2) is 0 Å². The highest BCUT2D eigenvalue weighted by Gasteiger charge is 2.16. The van der Waals surface area contributed by atoms with Gasteiger partial charge in [0.15, 0.2) is 5.82 Å². The molecule has 22 heavy (non-hydrogen) atoms. The molecule has 5 nitrogen and oxygen atoms in total. The average Bonchev–Trinajstić information content (AvgIpc) is 2.90. The first kappa shape index (κ1) is 14.3. The third kappa shape index (κ3) is 2.71. The van der Waals surface area contributed by atoms with Gasteiger partial charge in [0, 0.05) is 16.1 Å². The zero-order valence-electron chi connectivity index (χ0n) is 11.8. The molecule has 0 radical (unpaired) electrons. The summed E-state index contributed by atoms with van der Waals surface area (Å²) in [5.41, 5.74) is 8.20. The normalized spacial score (nSPS) is 10.6. The summed E-state index contributed by atoms with van der Waals surface area (Å²) in [6, 6.07) is 14.2. The van der Waals surface area contributed by atoms with Crippen molar-refractivity contribution in [1.82, 2.24) is 14.8 Å². The Morgan fingerprint density at radius 3 is 2.36 bits per heavy atom. The van der Waals surface area contributed by atoms with E-state index in [1.54, 1.807) is 24.3 Å². The summed E-state index contributed by atoms with van der Waals surface area (Å²) in [5.74, 6) is 0.121. The molecule has 0 spiro atoms. The molecule has 0 saturated carbocycles. The number of anilines is 1. The number of aryl methyl sites for hydroxylation is 1. The maximum atomic E-state index is 12.4. The van der Waals surface area contributed by atoms with Crippen LogP contribution in [0.15, 0.2) is 48.5 Å². The van der Waals surface area contributed by atoms with Crippen molar-refractivity contribution < 1.29 is 4.79 Å². The molecule has 0 atom stereocenters. The number of nitrogen functional groups attached to an aromatic ring is 1. The lowest BCUT2D eigenvalue weighted by Crippen LogP contribution is -2.16. The molecule has 0 unspecified atom stereocenters. The van der Waals surface area contributed by atoms with Crippen LogP contribution in [0.5, 0.6) is 0 Å². The van der Waals surface area contributed by atoms with Crippen LogP contribution in [0, 0.1) is 6.92 Å². The van der Waals surface area contributed by atoms with Crippen LogP contribution in [-0.2, 0) is 0 Å². The summed E-state index contributed by atoms with van der Waals surface area (Å²) in [6.07, 6.45) is 0. The first-order chi connectivity index (χ1) is 10.5. The van der Waals surface area contributed by atoms with Gasteiger partial charge in [-0.3, -0.25) is 4.79 Å². The van der Waals surface area contributed by atoms with Gasteiger partial charge in [0.1, 0.15) is 0 Å². The average molecular weight is 313 g/mol. The van der Waals surface area contributed by atoms with E-state index < -0.39 is 0 Å². The minimum Gasteiger partial charge on any atom is -0.368 e. The predicted molar refractivity (Wildman–Crippen MR) is 85.8 cm³/mol. The molecule has 1 aromatic heterocycles. The van der Waals surface area contributed by atoms with Crippen molar-refractivity contribution >= 4 is 23.5 Å². The van der Waals surface area contributed by atoms with Crippen molar-refractivity contribution in [1.29, 1.82) is 0 Å². The van der Waals surface area contributed by atoms with Gasteiger partial charge in [0.05, 0.1) is 0 Å². The fourth-order valence-corrected chi connectivity index (χ4v) is 2.14. The standard InChI is InChI=1S/C16H13ClN4O/c1-10-2-4-11(5-3-10)14-19-16(18)21(20-14)15(22)12-6-8-13(17)9-7-12/h2-9H,1H3,(H2,18,19,20). The molecule has 0 fully saturated rings. The van der Waals surface area contributed by atoms with E-state index in [-0.39, 0.29) is 11.9 Å². The largest absolute Gasteiger partial charge is 0.368 e. The number of halogens is 1. The topological polar surface area (TPSA) is 73.8 Å². The van der Waals surface area contributed by atoms with E-state index in [0.29, 0.717) is 16.4 Å². The van der Waals surface area contributed by atoms with Crippen LogP contribution in [0.4, 0.5) is 5.95 Å². The molecule has 1 heterocycles. The molecule has 0 aliphatic carbocycles. The number of carbonyl (C=O) groups is 1. The van der Waals surface area contributed by atoms with Gasteiger partial charge in [-0.15, -0.1) is 5.10 Å². The lowest BCUT2D eigenvalue weighted by atomic mass is 10.1. The van der Waals surface area contributed by atoms with Crippen molar-refractivity contribution in [2.24, 2.45) is 0 Å². The summed E-state index contributed by atoms with van der Waals surface area (Å²) in [6.45, 7) is 1.99. The van der Waals surface area contributed by atoms with Crippen LogP contribution in [-0.4, -0.2) is 20.7 Å². The van der Waals surface area contributed by atoms with Gasteiger partial charge in [0.25, 0.3) is 5.91 Å². The molecule has 2 N–H and O–H groups in total. The van der Waals surface area contributed by atoms with E-state index >= 15 is 0 Å². The summed E-state index contributed by atoms with van der Waals surface area (Å²) >= 11 is 5.82. The monoisotopic (exact) mass is 312 g/mol. The van der Waals surface area contributed by atoms with Gasteiger partial charge < -0.3 is 5.73 Å². The molecule has 2 aromatic carbocycles. The summed E-state index contributed by atoms with van der Waals surface area (Å²) in [7, 11) is 0. The molecule has 6 heteroatoms. The first-order valence-corrected chi connectivity index (χ1v) is 7.02. The van der Waals surface area contributed by atoms with E-state index in [9.17, 15) is 4.79 Å². The molecule has 0 aliphatic heterocycles. The van der Waals surface area contributed by atoms with Gasteiger partial charge in [-0.1, -0.05) is 41.4 Å². The number of aromatic nitrogens is 3. The molecular weight excluding hydrogens is 300 g/mol.